The van der Waals surface area contributed by atoms with Crippen molar-refractivity contribution in [1.29, 1.82) is 0 Å². The predicted octanol–water partition coefficient (Wildman–Crippen LogP) is 1.81. The van der Waals surface area contributed by atoms with E-state index in [4.69, 9.17) is 14.2 Å². The van der Waals surface area contributed by atoms with Crippen LogP contribution < -0.4 is 9.47 Å². The zero-order chi connectivity index (χ0) is 14.9. The average molecular weight is 318 g/mol. The molecule has 22 heavy (non-hydrogen) atoms. The largest absolute Gasteiger partial charge is 0.486 e. The minimum atomic E-state index is 0.572. The third kappa shape index (κ3) is 2.30. The lowest BCUT2D eigenvalue weighted by molar-refractivity contribution is 0.171. The highest BCUT2D eigenvalue weighted by atomic mass is 32.1. The van der Waals surface area contributed by atoms with Crippen molar-refractivity contribution in [3.8, 4) is 22.1 Å². The van der Waals surface area contributed by atoms with E-state index in [9.17, 15) is 0 Å². The van der Waals surface area contributed by atoms with Crippen molar-refractivity contribution in [2.24, 2.45) is 0 Å². The van der Waals surface area contributed by atoms with E-state index < -0.39 is 0 Å². The summed E-state index contributed by atoms with van der Waals surface area (Å²) in [7, 11) is 1.67. The summed E-state index contributed by atoms with van der Waals surface area (Å²) < 4.78 is 18.0. The maximum Gasteiger partial charge on any atom is 0.234 e. The maximum absolute atomic E-state index is 5.62. The molecule has 0 fully saturated rings. The quantitative estimate of drug-likeness (QED) is 0.731. The first kappa shape index (κ1) is 13.5. The van der Waals surface area contributed by atoms with Gasteiger partial charge in [-0.25, -0.2) is 0 Å². The molecule has 0 saturated heterocycles. The summed E-state index contributed by atoms with van der Waals surface area (Å²) in [5.74, 6) is 2.34. The van der Waals surface area contributed by atoms with E-state index in [-0.39, 0.29) is 0 Å². The van der Waals surface area contributed by atoms with E-state index >= 15 is 0 Å². The van der Waals surface area contributed by atoms with E-state index in [2.05, 4.69) is 15.3 Å². The zero-order valence-electron chi connectivity index (χ0n) is 12.0. The van der Waals surface area contributed by atoms with Crippen LogP contribution in [-0.4, -0.2) is 46.7 Å². The Balaban J connectivity index is 1.70. The summed E-state index contributed by atoms with van der Waals surface area (Å²) in [4.78, 5) is 0.774. The van der Waals surface area contributed by atoms with Crippen LogP contribution in [-0.2, 0) is 11.2 Å². The minimum Gasteiger partial charge on any atom is -0.486 e. The Hall–Kier alpha value is -2.19. The number of aromatic nitrogens is 4. The molecule has 1 aliphatic rings. The standard InChI is InChI=1S/C14H14N4O3S/c1-19-5-4-12-15-16-14-18(12)17-13(22-14)9-2-3-10-11(8-9)21-7-6-20-10/h2-3,8H,4-7H2,1H3. The van der Waals surface area contributed by atoms with Gasteiger partial charge in [0, 0.05) is 19.1 Å². The molecule has 8 heteroatoms. The number of hydrogen-bond acceptors (Lipinski definition) is 7. The Kier molecular flexibility index (Phi) is 3.39. The second-order valence-corrected chi connectivity index (χ2v) is 5.78. The SMILES string of the molecule is COCCc1nnc2sc(-c3ccc4c(c3)OCCO4)nn12. The number of methoxy groups -OCH3 is 1. The van der Waals surface area contributed by atoms with Gasteiger partial charge in [-0.3, -0.25) is 0 Å². The van der Waals surface area contributed by atoms with Crippen LogP contribution in [0.2, 0.25) is 0 Å². The number of benzene rings is 1. The first-order valence-corrected chi connectivity index (χ1v) is 7.77. The molecule has 4 rings (SSSR count). The normalized spacial score (nSPS) is 13.7. The fourth-order valence-electron chi connectivity index (χ4n) is 2.30. The van der Waals surface area contributed by atoms with Crippen LogP contribution in [0, 0.1) is 0 Å². The molecule has 114 valence electrons. The first-order chi connectivity index (χ1) is 10.8. The number of fused-ring (bicyclic) bond motifs is 2. The van der Waals surface area contributed by atoms with Crippen LogP contribution in [0.3, 0.4) is 0 Å². The highest BCUT2D eigenvalue weighted by molar-refractivity contribution is 7.19. The number of ether oxygens (including phenoxy) is 3. The second-order valence-electron chi connectivity index (χ2n) is 4.82. The van der Waals surface area contributed by atoms with Gasteiger partial charge in [0.15, 0.2) is 17.3 Å². The van der Waals surface area contributed by atoms with Crippen LogP contribution >= 0.6 is 11.3 Å². The molecule has 0 unspecified atom stereocenters. The summed E-state index contributed by atoms with van der Waals surface area (Å²) in [6.07, 6.45) is 0.683. The molecule has 0 amide bonds. The van der Waals surface area contributed by atoms with Crippen LogP contribution in [0.4, 0.5) is 0 Å². The fourth-order valence-corrected chi connectivity index (χ4v) is 3.15. The molecular formula is C14H14N4O3S. The van der Waals surface area contributed by atoms with Gasteiger partial charge in [-0.15, -0.1) is 10.2 Å². The Morgan fingerprint density at radius 2 is 2.09 bits per heavy atom. The minimum absolute atomic E-state index is 0.572. The van der Waals surface area contributed by atoms with Gasteiger partial charge in [0.05, 0.1) is 6.61 Å². The monoisotopic (exact) mass is 318 g/mol. The fraction of sp³-hybridized carbons (Fsp3) is 0.357. The molecule has 0 radical (unpaired) electrons. The molecule has 7 nitrogen and oxygen atoms in total. The van der Waals surface area contributed by atoms with Gasteiger partial charge in [-0.1, -0.05) is 11.3 Å². The Morgan fingerprint density at radius 1 is 1.23 bits per heavy atom. The van der Waals surface area contributed by atoms with E-state index in [1.807, 2.05) is 18.2 Å². The Labute approximate surface area is 130 Å². The molecule has 0 bridgehead atoms. The maximum atomic E-state index is 5.62. The number of rotatable bonds is 4. The predicted molar refractivity (Wildman–Crippen MR) is 80.7 cm³/mol. The molecule has 0 atom stereocenters. The molecule has 1 aliphatic heterocycles. The lowest BCUT2D eigenvalue weighted by Gasteiger charge is -2.18. The Bertz CT molecular complexity index is 814. The topological polar surface area (TPSA) is 70.8 Å². The molecular weight excluding hydrogens is 304 g/mol. The third-order valence-corrected chi connectivity index (χ3v) is 4.32. The highest BCUT2D eigenvalue weighted by Gasteiger charge is 2.16. The van der Waals surface area contributed by atoms with Crippen molar-refractivity contribution in [2.75, 3.05) is 26.9 Å². The molecule has 0 saturated carbocycles. The summed E-state index contributed by atoms with van der Waals surface area (Å²) in [6.45, 7) is 1.76. The van der Waals surface area contributed by atoms with Gasteiger partial charge in [0.25, 0.3) is 0 Å². The van der Waals surface area contributed by atoms with Crippen molar-refractivity contribution in [3.05, 3.63) is 24.0 Å². The van der Waals surface area contributed by atoms with E-state index in [0.29, 0.717) is 26.2 Å². The first-order valence-electron chi connectivity index (χ1n) is 6.95. The molecule has 0 aliphatic carbocycles. The van der Waals surface area contributed by atoms with Gasteiger partial charge in [-0.2, -0.15) is 9.61 Å². The van der Waals surface area contributed by atoms with Crippen LogP contribution in [0.25, 0.3) is 15.5 Å². The van der Waals surface area contributed by atoms with Crippen molar-refractivity contribution in [1.82, 2.24) is 19.8 Å². The van der Waals surface area contributed by atoms with Crippen LogP contribution in [0.1, 0.15) is 5.82 Å². The van der Waals surface area contributed by atoms with Gasteiger partial charge >= 0.3 is 0 Å². The van der Waals surface area contributed by atoms with Crippen molar-refractivity contribution in [2.45, 2.75) is 6.42 Å². The molecule has 3 aromatic rings. The molecule has 3 heterocycles. The third-order valence-electron chi connectivity index (χ3n) is 3.37. The second kappa shape index (κ2) is 5.54. The molecule has 0 N–H and O–H groups in total. The summed E-state index contributed by atoms with van der Waals surface area (Å²) in [5, 5.41) is 13.8. The summed E-state index contributed by atoms with van der Waals surface area (Å²) in [5.41, 5.74) is 0.984. The van der Waals surface area contributed by atoms with Crippen molar-refractivity contribution < 1.29 is 14.2 Å². The lowest BCUT2D eigenvalue weighted by atomic mass is 10.2. The molecule has 2 aromatic heterocycles. The van der Waals surface area contributed by atoms with Crippen LogP contribution in [0.15, 0.2) is 18.2 Å². The van der Waals surface area contributed by atoms with Crippen LogP contribution in [0.5, 0.6) is 11.5 Å². The van der Waals surface area contributed by atoms with Gasteiger partial charge in [0.1, 0.15) is 18.2 Å². The van der Waals surface area contributed by atoms with Gasteiger partial charge in [0.2, 0.25) is 4.96 Å². The molecule has 0 spiro atoms. The van der Waals surface area contributed by atoms with E-state index in [1.54, 1.807) is 11.6 Å². The lowest BCUT2D eigenvalue weighted by Crippen LogP contribution is -2.15. The summed E-state index contributed by atoms with van der Waals surface area (Å²) in [6, 6.07) is 5.85. The zero-order valence-corrected chi connectivity index (χ0v) is 12.8. The van der Waals surface area contributed by atoms with Crippen molar-refractivity contribution >= 4 is 16.3 Å². The van der Waals surface area contributed by atoms with E-state index in [0.717, 1.165) is 32.9 Å². The Morgan fingerprint density at radius 3 is 2.95 bits per heavy atom. The highest BCUT2D eigenvalue weighted by Crippen LogP contribution is 2.35. The number of hydrogen-bond donors (Lipinski definition) is 0. The van der Waals surface area contributed by atoms with Crippen molar-refractivity contribution in [3.63, 3.8) is 0 Å². The smallest absolute Gasteiger partial charge is 0.234 e. The average Bonchev–Trinajstić information content (AvgIpc) is 3.13. The number of nitrogens with zero attached hydrogens (tertiary/aromatic N) is 4. The van der Waals surface area contributed by atoms with Gasteiger partial charge in [-0.05, 0) is 18.2 Å². The van der Waals surface area contributed by atoms with Gasteiger partial charge < -0.3 is 14.2 Å². The van der Waals surface area contributed by atoms with E-state index in [1.165, 1.54) is 11.3 Å². The molecule has 1 aromatic carbocycles. The summed E-state index contributed by atoms with van der Waals surface area (Å²) >= 11 is 1.50.